The number of aromatic nitrogens is 2. The van der Waals surface area contributed by atoms with E-state index in [0.29, 0.717) is 11.6 Å². The van der Waals surface area contributed by atoms with Gasteiger partial charge >= 0.3 is 0 Å². The van der Waals surface area contributed by atoms with Crippen molar-refractivity contribution in [2.24, 2.45) is 5.10 Å². The molecular formula is C27H27N5. The van der Waals surface area contributed by atoms with Gasteiger partial charge in [-0.05, 0) is 31.5 Å². The first-order chi connectivity index (χ1) is 15.8. The molecular weight excluding hydrogens is 394 g/mol. The van der Waals surface area contributed by atoms with E-state index < -0.39 is 0 Å². The summed E-state index contributed by atoms with van der Waals surface area (Å²) in [4.78, 5) is 11.8. The minimum atomic E-state index is 0.647. The highest BCUT2D eigenvalue weighted by Gasteiger charge is 2.08. The summed E-state index contributed by atoms with van der Waals surface area (Å²) in [5, 5.41) is 4.42. The van der Waals surface area contributed by atoms with Crippen LogP contribution in [0.3, 0.4) is 0 Å². The maximum absolute atomic E-state index is 4.77. The molecule has 3 aromatic carbocycles. The highest BCUT2D eigenvalue weighted by atomic mass is 15.3. The number of nitrogens with one attached hydrogen (secondary N) is 1. The van der Waals surface area contributed by atoms with E-state index in [4.69, 9.17) is 4.98 Å². The fraction of sp³-hybridized carbons (Fsp3) is 0.148. The Morgan fingerprint density at radius 3 is 2.03 bits per heavy atom. The van der Waals surface area contributed by atoms with Crippen LogP contribution in [0.2, 0.25) is 0 Å². The predicted octanol–water partition coefficient (Wildman–Crippen LogP) is 6.10. The summed E-state index contributed by atoms with van der Waals surface area (Å²) >= 11 is 0. The average molecular weight is 422 g/mol. The number of benzene rings is 3. The van der Waals surface area contributed by atoms with Crippen molar-refractivity contribution in [1.29, 1.82) is 0 Å². The van der Waals surface area contributed by atoms with E-state index in [-0.39, 0.29) is 0 Å². The van der Waals surface area contributed by atoms with Gasteiger partial charge in [0, 0.05) is 36.0 Å². The first-order valence-corrected chi connectivity index (χ1v) is 10.9. The lowest BCUT2D eigenvalue weighted by Gasteiger charge is -2.20. The first kappa shape index (κ1) is 21.2. The van der Waals surface area contributed by atoms with Crippen molar-refractivity contribution in [3.05, 3.63) is 96.6 Å². The van der Waals surface area contributed by atoms with Gasteiger partial charge in [0.25, 0.3) is 0 Å². The highest BCUT2D eigenvalue weighted by molar-refractivity contribution is 5.81. The van der Waals surface area contributed by atoms with Crippen LogP contribution in [0.4, 0.5) is 11.5 Å². The molecule has 0 amide bonds. The molecule has 0 radical (unpaired) electrons. The van der Waals surface area contributed by atoms with E-state index in [1.165, 1.54) is 5.69 Å². The van der Waals surface area contributed by atoms with Gasteiger partial charge in [0.05, 0.1) is 11.9 Å². The lowest BCUT2D eigenvalue weighted by atomic mass is 10.1. The Labute approximate surface area is 189 Å². The van der Waals surface area contributed by atoms with Crippen LogP contribution in [0.5, 0.6) is 0 Å². The molecule has 4 aromatic rings. The second-order valence-corrected chi connectivity index (χ2v) is 7.33. The quantitative estimate of drug-likeness (QED) is 0.276. The lowest BCUT2D eigenvalue weighted by molar-refractivity contribution is 0.866. The van der Waals surface area contributed by atoms with Crippen LogP contribution in [-0.2, 0) is 0 Å². The van der Waals surface area contributed by atoms with Crippen LogP contribution in [0.15, 0.2) is 96.1 Å². The molecule has 1 aromatic heterocycles. The molecule has 0 aliphatic heterocycles. The minimum absolute atomic E-state index is 0.647. The van der Waals surface area contributed by atoms with Crippen LogP contribution >= 0.6 is 0 Å². The lowest BCUT2D eigenvalue weighted by Crippen LogP contribution is -2.21. The third-order valence-corrected chi connectivity index (χ3v) is 5.24. The topological polar surface area (TPSA) is 53.4 Å². The van der Waals surface area contributed by atoms with Gasteiger partial charge in [0.2, 0.25) is 0 Å². The molecule has 5 heteroatoms. The highest BCUT2D eigenvalue weighted by Crippen LogP contribution is 2.24. The standard InChI is InChI=1S/C27H27N5/c1-3-32(4-2)24-17-15-21(16-18-24)20-28-31-26-19-25(22-11-7-5-8-12-22)29-27(30-26)23-13-9-6-10-14-23/h5-20H,3-4H2,1-2H3,(H,29,30,31)/b28-20-. The number of nitrogens with zero attached hydrogens (tertiary/aromatic N) is 4. The second-order valence-electron chi connectivity index (χ2n) is 7.33. The molecule has 0 aliphatic carbocycles. The van der Waals surface area contributed by atoms with E-state index >= 15 is 0 Å². The fourth-order valence-electron chi connectivity index (χ4n) is 3.51. The SMILES string of the molecule is CCN(CC)c1ccc(/C=N\Nc2cc(-c3ccccc3)nc(-c3ccccc3)n2)cc1. The van der Waals surface area contributed by atoms with Gasteiger partial charge in [0.1, 0.15) is 0 Å². The second kappa shape index (κ2) is 10.4. The van der Waals surface area contributed by atoms with E-state index in [0.717, 1.165) is 35.5 Å². The average Bonchev–Trinajstić information content (AvgIpc) is 2.86. The van der Waals surface area contributed by atoms with Crippen molar-refractivity contribution in [1.82, 2.24) is 9.97 Å². The zero-order valence-corrected chi connectivity index (χ0v) is 18.4. The zero-order valence-electron chi connectivity index (χ0n) is 18.4. The molecule has 0 unspecified atom stereocenters. The van der Waals surface area contributed by atoms with Gasteiger partial charge in [-0.3, -0.25) is 5.43 Å². The molecule has 0 saturated carbocycles. The summed E-state index contributed by atoms with van der Waals surface area (Å²) in [5.41, 5.74) is 8.17. The first-order valence-electron chi connectivity index (χ1n) is 10.9. The molecule has 1 N–H and O–H groups in total. The molecule has 1 heterocycles. The van der Waals surface area contributed by atoms with Gasteiger partial charge in [0.15, 0.2) is 11.6 Å². The number of hydrogen-bond donors (Lipinski definition) is 1. The summed E-state index contributed by atoms with van der Waals surface area (Å²) in [6.07, 6.45) is 1.80. The van der Waals surface area contributed by atoms with E-state index in [9.17, 15) is 0 Å². The molecule has 0 spiro atoms. The van der Waals surface area contributed by atoms with Crippen molar-refractivity contribution in [3.8, 4) is 22.6 Å². The maximum Gasteiger partial charge on any atom is 0.162 e. The molecule has 32 heavy (non-hydrogen) atoms. The van der Waals surface area contributed by atoms with Gasteiger partial charge in [-0.1, -0.05) is 72.8 Å². The third kappa shape index (κ3) is 5.19. The van der Waals surface area contributed by atoms with Gasteiger partial charge in [-0.2, -0.15) is 5.10 Å². The summed E-state index contributed by atoms with van der Waals surface area (Å²) in [6.45, 7) is 6.31. The normalized spacial score (nSPS) is 10.9. The Bertz CT molecular complexity index is 1090. The Kier molecular flexibility index (Phi) is 6.88. The van der Waals surface area contributed by atoms with Crippen molar-refractivity contribution in [3.63, 3.8) is 0 Å². The van der Waals surface area contributed by atoms with E-state index in [2.05, 4.69) is 58.5 Å². The van der Waals surface area contributed by atoms with Crippen LogP contribution in [0.1, 0.15) is 19.4 Å². The van der Waals surface area contributed by atoms with Gasteiger partial charge < -0.3 is 4.90 Å². The summed E-state index contributed by atoms with van der Waals surface area (Å²) < 4.78 is 0. The van der Waals surface area contributed by atoms with Crippen molar-refractivity contribution >= 4 is 17.7 Å². The molecule has 160 valence electrons. The third-order valence-electron chi connectivity index (χ3n) is 5.24. The zero-order chi connectivity index (χ0) is 22.2. The number of rotatable bonds is 8. The Balaban J connectivity index is 1.57. The minimum Gasteiger partial charge on any atom is -0.372 e. The smallest absolute Gasteiger partial charge is 0.162 e. The molecule has 0 fully saturated rings. The summed E-state index contributed by atoms with van der Waals surface area (Å²) in [5.74, 6) is 1.31. The maximum atomic E-state index is 4.77. The molecule has 0 aliphatic rings. The van der Waals surface area contributed by atoms with Crippen molar-refractivity contribution in [2.45, 2.75) is 13.8 Å². The fourth-order valence-corrected chi connectivity index (χ4v) is 3.51. The number of hydrazone groups is 1. The van der Waals surface area contributed by atoms with Crippen LogP contribution in [-0.4, -0.2) is 29.3 Å². The van der Waals surface area contributed by atoms with E-state index in [1.807, 2.05) is 66.7 Å². The molecule has 0 bridgehead atoms. The predicted molar refractivity (Wildman–Crippen MR) is 134 cm³/mol. The molecule has 4 rings (SSSR count). The van der Waals surface area contributed by atoms with Crippen LogP contribution in [0.25, 0.3) is 22.6 Å². The van der Waals surface area contributed by atoms with E-state index in [1.54, 1.807) is 6.21 Å². The van der Waals surface area contributed by atoms with Crippen molar-refractivity contribution < 1.29 is 0 Å². The molecule has 5 nitrogen and oxygen atoms in total. The molecule has 0 atom stereocenters. The number of hydrogen-bond acceptors (Lipinski definition) is 5. The Hall–Kier alpha value is -3.99. The van der Waals surface area contributed by atoms with Gasteiger partial charge in [-0.25, -0.2) is 9.97 Å². The largest absolute Gasteiger partial charge is 0.372 e. The van der Waals surface area contributed by atoms with Gasteiger partial charge in [-0.15, -0.1) is 0 Å². The number of anilines is 2. The summed E-state index contributed by atoms with van der Waals surface area (Å²) in [6, 6.07) is 30.4. The van der Waals surface area contributed by atoms with Crippen LogP contribution < -0.4 is 10.3 Å². The monoisotopic (exact) mass is 421 g/mol. The van der Waals surface area contributed by atoms with Crippen LogP contribution in [0, 0.1) is 0 Å². The Morgan fingerprint density at radius 1 is 0.781 bits per heavy atom. The molecule has 0 saturated heterocycles. The Morgan fingerprint density at radius 2 is 1.41 bits per heavy atom. The van der Waals surface area contributed by atoms with Crippen molar-refractivity contribution in [2.75, 3.05) is 23.4 Å². The summed E-state index contributed by atoms with van der Waals surface area (Å²) in [7, 11) is 0.